The number of hydrogen-bond acceptors (Lipinski definition) is 0. The molecular formula is C8H20Al2Cl2. The van der Waals surface area contributed by atoms with Gasteiger partial charge in [-0.25, -0.2) is 0 Å². The summed E-state index contributed by atoms with van der Waals surface area (Å²) < 4.78 is 0. The Kier molecular flexibility index (Phi) is 17.0. The Balaban J connectivity index is 0. The van der Waals surface area contributed by atoms with E-state index < -0.39 is 0 Å². The molecule has 0 aliphatic carbocycles. The van der Waals surface area contributed by atoms with Gasteiger partial charge in [-0.05, 0) is 6.42 Å². The Morgan fingerprint density at radius 3 is 2.25 bits per heavy atom. The highest BCUT2D eigenvalue weighted by Gasteiger charge is 1.98. The lowest BCUT2D eigenvalue weighted by Gasteiger charge is -1.98. The molecule has 0 amide bonds. The SMILES string of the molecule is CCC[CH2][AlH][CH2]CCC(Cl)Cl.[AlH3]. The Labute approximate surface area is 103 Å². The van der Waals surface area contributed by atoms with Crippen LogP contribution in [-0.2, 0) is 0 Å². The molecule has 0 radical (unpaired) electrons. The minimum atomic E-state index is -0.129. The Morgan fingerprint density at radius 1 is 1.17 bits per heavy atom. The molecule has 0 N–H and O–H groups in total. The van der Waals surface area contributed by atoms with Crippen LogP contribution in [0.15, 0.2) is 0 Å². The average molecular weight is 241 g/mol. The fraction of sp³-hybridized carbons (Fsp3) is 1.00. The summed E-state index contributed by atoms with van der Waals surface area (Å²) in [7, 11) is 0. The lowest BCUT2D eigenvalue weighted by molar-refractivity contribution is 0.837. The molecule has 0 bridgehead atoms. The van der Waals surface area contributed by atoms with Crippen molar-refractivity contribution in [3.8, 4) is 0 Å². The third kappa shape index (κ3) is 14.2. The predicted molar refractivity (Wildman–Crippen MR) is 66.3 cm³/mol. The van der Waals surface area contributed by atoms with E-state index in [1.165, 1.54) is 29.8 Å². The van der Waals surface area contributed by atoms with Crippen LogP contribution in [0.4, 0.5) is 0 Å². The second-order valence-electron chi connectivity index (χ2n) is 2.95. The molecule has 0 unspecified atom stereocenters. The predicted octanol–water partition coefficient (Wildman–Crippen LogP) is 2.46. The van der Waals surface area contributed by atoms with Crippen LogP contribution < -0.4 is 0 Å². The third-order valence-electron chi connectivity index (χ3n) is 1.78. The van der Waals surface area contributed by atoms with Crippen molar-refractivity contribution in [1.29, 1.82) is 0 Å². The summed E-state index contributed by atoms with van der Waals surface area (Å²) in [5, 5.41) is 2.93. The lowest BCUT2D eigenvalue weighted by atomic mass is 10.4. The third-order valence-corrected chi connectivity index (χ3v) is 4.21. The monoisotopic (exact) mass is 240 g/mol. The Bertz CT molecular complexity index is 79.5. The highest BCUT2D eigenvalue weighted by atomic mass is 35.5. The minimum absolute atomic E-state index is 0. The summed E-state index contributed by atoms with van der Waals surface area (Å²) in [6.45, 7) is 2.25. The van der Waals surface area contributed by atoms with E-state index in [0.717, 1.165) is 6.42 Å². The molecule has 0 aromatic rings. The van der Waals surface area contributed by atoms with Crippen molar-refractivity contribution >= 4 is 55.8 Å². The molecule has 0 atom stereocenters. The highest BCUT2D eigenvalue weighted by Crippen LogP contribution is 2.11. The molecule has 4 heteroatoms. The normalized spacial score (nSPS) is 9.67. The summed E-state index contributed by atoms with van der Waals surface area (Å²) >= 11 is 11.4. The lowest BCUT2D eigenvalue weighted by Crippen LogP contribution is -1.92. The van der Waals surface area contributed by atoms with Crippen LogP contribution in [0.5, 0.6) is 0 Å². The Morgan fingerprint density at radius 2 is 1.75 bits per heavy atom. The molecule has 0 fully saturated rings. The number of alkyl halides is 2. The second-order valence-corrected chi connectivity index (χ2v) is 6.35. The van der Waals surface area contributed by atoms with Crippen molar-refractivity contribution < 1.29 is 0 Å². The number of unbranched alkanes of at least 4 members (excludes halogenated alkanes) is 1. The molecule has 0 heterocycles. The van der Waals surface area contributed by atoms with Crippen LogP contribution in [0.25, 0.3) is 0 Å². The summed E-state index contributed by atoms with van der Waals surface area (Å²) in [4.78, 5) is -0.129. The molecule has 0 saturated carbocycles. The zero-order chi connectivity index (χ0) is 8.53. The highest BCUT2D eigenvalue weighted by molar-refractivity contribution is 6.44. The van der Waals surface area contributed by atoms with Gasteiger partial charge in [-0.2, -0.15) is 0 Å². The molecule has 0 rings (SSSR count). The molecule has 0 spiro atoms. The topological polar surface area (TPSA) is 0 Å². The van der Waals surface area contributed by atoms with E-state index in [1.807, 2.05) is 0 Å². The van der Waals surface area contributed by atoms with Gasteiger partial charge in [0.1, 0.15) is 4.84 Å². The van der Waals surface area contributed by atoms with Gasteiger partial charge in [-0.3, -0.25) is 0 Å². The number of hydrogen-bond donors (Lipinski definition) is 0. The van der Waals surface area contributed by atoms with Crippen molar-refractivity contribution in [2.45, 2.75) is 48.0 Å². The fourth-order valence-electron chi connectivity index (χ4n) is 1.08. The summed E-state index contributed by atoms with van der Waals surface area (Å²) in [5.74, 6) is 0. The van der Waals surface area contributed by atoms with Crippen molar-refractivity contribution in [3.63, 3.8) is 0 Å². The van der Waals surface area contributed by atoms with E-state index in [1.54, 1.807) is 0 Å². The molecule has 0 aromatic carbocycles. The van der Waals surface area contributed by atoms with E-state index in [-0.39, 0.29) is 37.4 Å². The van der Waals surface area contributed by atoms with Gasteiger partial charge in [0.2, 0.25) is 15.2 Å². The number of rotatable bonds is 7. The maximum absolute atomic E-state index is 5.60. The molecule has 0 saturated heterocycles. The quantitative estimate of drug-likeness (QED) is 0.365. The van der Waals surface area contributed by atoms with Crippen LogP contribution in [0.2, 0.25) is 10.6 Å². The van der Waals surface area contributed by atoms with Crippen LogP contribution in [0.3, 0.4) is 0 Å². The van der Waals surface area contributed by atoms with Gasteiger partial charge in [0, 0.05) is 0 Å². The Hall–Kier alpha value is 1.64. The molecule has 0 nitrogen and oxygen atoms in total. The molecule has 0 aromatic heterocycles. The minimum Gasteiger partial charge on any atom is -0.105 e. The van der Waals surface area contributed by atoms with E-state index in [4.69, 9.17) is 23.2 Å². The van der Waals surface area contributed by atoms with E-state index in [0.29, 0.717) is 0 Å². The molecule has 0 aliphatic heterocycles. The van der Waals surface area contributed by atoms with Crippen molar-refractivity contribution in [3.05, 3.63) is 0 Å². The first-order chi connectivity index (χ1) is 5.27. The summed E-state index contributed by atoms with van der Waals surface area (Å²) in [6, 6.07) is 0. The van der Waals surface area contributed by atoms with Crippen LogP contribution in [0, 0.1) is 0 Å². The van der Waals surface area contributed by atoms with Gasteiger partial charge in [-0.1, -0.05) is 36.8 Å². The molecule has 12 heavy (non-hydrogen) atoms. The van der Waals surface area contributed by atoms with Crippen LogP contribution in [-0.4, -0.2) is 37.4 Å². The van der Waals surface area contributed by atoms with Gasteiger partial charge in [0.15, 0.2) is 17.4 Å². The average Bonchev–Trinajstić information content (AvgIpc) is 1.96. The van der Waals surface area contributed by atoms with Crippen molar-refractivity contribution in [2.24, 2.45) is 0 Å². The molecule has 72 valence electrons. The van der Waals surface area contributed by atoms with Crippen molar-refractivity contribution in [2.75, 3.05) is 0 Å². The first-order valence-electron chi connectivity index (χ1n) is 4.55. The first kappa shape index (κ1) is 16.1. The zero-order valence-electron chi connectivity index (χ0n) is 7.28. The zero-order valence-corrected chi connectivity index (χ0v) is 10.2. The summed E-state index contributed by atoms with van der Waals surface area (Å²) in [6.07, 6.45) is 5.01. The van der Waals surface area contributed by atoms with Gasteiger partial charge < -0.3 is 0 Å². The van der Waals surface area contributed by atoms with Gasteiger partial charge in [0.05, 0.1) is 0 Å². The fourth-order valence-corrected chi connectivity index (χ4v) is 3.24. The first-order valence-corrected chi connectivity index (χ1v) is 7.42. The standard InChI is InChI=1S/C4H7Cl2.C4H9.2Al.4H/c1-2-3-4(5)6;1-3-4-2;;;;;;/h4H,1-3H2;1,3-4H2,2H3;;;;;;. The second kappa shape index (κ2) is 12.6. The summed E-state index contributed by atoms with van der Waals surface area (Å²) in [5.41, 5.74) is 0. The van der Waals surface area contributed by atoms with Crippen molar-refractivity contribution in [1.82, 2.24) is 0 Å². The molecular weight excluding hydrogens is 221 g/mol. The van der Waals surface area contributed by atoms with E-state index in [2.05, 4.69) is 6.92 Å². The van der Waals surface area contributed by atoms with E-state index in [9.17, 15) is 0 Å². The van der Waals surface area contributed by atoms with Gasteiger partial charge >= 0.3 is 0 Å². The maximum Gasteiger partial charge on any atom is 0.236 e. The maximum atomic E-state index is 5.60. The number of halogens is 2. The van der Waals surface area contributed by atoms with Gasteiger partial charge in [-0.15, -0.1) is 23.2 Å². The smallest absolute Gasteiger partial charge is 0.105 e. The van der Waals surface area contributed by atoms with Crippen LogP contribution >= 0.6 is 23.2 Å². The van der Waals surface area contributed by atoms with Gasteiger partial charge in [0.25, 0.3) is 0 Å². The largest absolute Gasteiger partial charge is 0.236 e. The van der Waals surface area contributed by atoms with Crippen LogP contribution in [0.1, 0.15) is 32.6 Å². The van der Waals surface area contributed by atoms with E-state index >= 15 is 0 Å². The molecule has 0 aliphatic rings.